The number of carboxylic acids is 1. The van der Waals surface area contributed by atoms with Crippen molar-refractivity contribution in [3.63, 3.8) is 0 Å². The van der Waals surface area contributed by atoms with Gasteiger partial charge in [0.05, 0.1) is 25.2 Å². The van der Waals surface area contributed by atoms with E-state index in [9.17, 15) is 14.7 Å². The molecule has 1 fully saturated rings. The van der Waals surface area contributed by atoms with Crippen LogP contribution in [0.5, 0.6) is 0 Å². The normalized spacial score (nSPS) is 18.3. The third kappa shape index (κ3) is 8.05. The van der Waals surface area contributed by atoms with Crippen molar-refractivity contribution in [1.82, 2.24) is 25.5 Å². The van der Waals surface area contributed by atoms with Gasteiger partial charge in [0.2, 0.25) is 11.1 Å². The van der Waals surface area contributed by atoms with Crippen LogP contribution in [0.15, 0.2) is 78.0 Å². The number of hydrogen-bond donors (Lipinski definition) is 3. The van der Waals surface area contributed by atoms with Gasteiger partial charge in [-0.15, -0.1) is 5.10 Å². The lowest BCUT2D eigenvalue weighted by Crippen LogP contribution is -2.31. The van der Waals surface area contributed by atoms with E-state index in [1.54, 1.807) is 11.7 Å². The fourth-order valence-corrected chi connectivity index (χ4v) is 5.68. The fourth-order valence-electron chi connectivity index (χ4n) is 4.81. The first kappa shape index (κ1) is 30.4. The summed E-state index contributed by atoms with van der Waals surface area (Å²) in [7, 11) is 1.80. The molecular formula is C31H33N5O6S. The van der Waals surface area contributed by atoms with Crippen molar-refractivity contribution < 1.29 is 29.3 Å². The van der Waals surface area contributed by atoms with Gasteiger partial charge in [-0.1, -0.05) is 84.6 Å². The van der Waals surface area contributed by atoms with Crippen molar-refractivity contribution >= 4 is 23.6 Å². The van der Waals surface area contributed by atoms with Crippen LogP contribution in [-0.4, -0.2) is 54.2 Å². The first-order chi connectivity index (χ1) is 20.9. The van der Waals surface area contributed by atoms with E-state index in [4.69, 9.17) is 14.6 Å². The molecule has 0 saturated carbocycles. The molecule has 3 atom stereocenters. The maximum Gasteiger partial charge on any atom is 0.303 e. The molecule has 0 aliphatic carbocycles. The number of hydrogen-bond acceptors (Lipinski definition) is 9. The van der Waals surface area contributed by atoms with E-state index in [-0.39, 0.29) is 37.6 Å². The van der Waals surface area contributed by atoms with Gasteiger partial charge >= 0.3 is 5.97 Å². The molecule has 0 unspecified atom stereocenters. The number of carbonyl (C=O) groups is 2. The highest BCUT2D eigenvalue weighted by Crippen LogP contribution is 2.39. The van der Waals surface area contributed by atoms with Crippen LogP contribution in [-0.2, 0) is 39.3 Å². The predicted octanol–water partition coefficient (Wildman–Crippen LogP) is 4.19. The first-order valence-corrected chi connectivity index (χ1v) is 14.9. The van der Waals surface area contributed by atoms with Crippen molar-refractivity contribution in [1.29, 1.82) is 0 Å². The molecule has 2 heterocycles. The molecule has 0 spiro atoms. The Morgan fingerprint density at radius 2 is 1.74 bits per heavy atom. The molecule has 3 aromatic carbocycles. The molecule has 1 aromatic heterocycles. The van der Waals surface area contributed by atoms with Gasteiger partial charge in [0.1, 0.15) is 0 Å². The SMILES string of the molecule is Cn1nnnc1SC[C@@H]1C[C@H](c2ccc(CO)cc2)O[C@H](c2ccc(-c3ccccc3CNC(=O)CCC(=O)O)cc2)O1. The van der Waals surface area contributed by atoms with E-state index >= 15 is 0 Å². The Kier molecular flexibility index (Phi) is 10.2. The van der Waals surface area contributed by atoms with Gasteiger partial charge in [0.15, 0.2) is 6.29 Å². The summed E-state index contributed by atoms with van der Waals surface area (Å²) >= 11 is 1.53. The summed E-state index contributed by atoms with van der Waals surface area (Å²) in [5.74, 6) is -0.661. The largest absolute Gasteiger partial charge is 0.481 e. The number of aliphatic carboxylic acids is 1. The number of aryl methyl sites for hydroxylation is 1. The highest BCUT2D eigenvalue weighted by Gasteiger charge is 2.32. The van der Waals surface area contributed by atoms with E-state index in [1.165, 1.54) is 11.8 Å². The second-order valence-electron chi connectivity index (χ2n) is 10.2. The lowest BCUT2D eigenvalue weighted by atomic mass is 9.97. The van der Waals surface area contributed by atoms with Gasteiger partial charge < -0.3 is 25.0 Å². The molecule has 43 heavy (non-hydrogen) atoms. The quantitative estimate of drug-likeness (QED) is 0.201. The number of nitrogens with one attached hydrogen (secondary N) is 1. The van der Waals surface area contributed by atoms with Crippen LogP contribution in [0.4, 0.5) is 0 Å². The molecule has 12 heteroatoms. The minimum atomic E-state index is -1.000. The summed E-state index contributed by atoms with van der Waals surface area (Å²) in [5, 5.41) is 33.5. The average Bonchev–Trinajstić information content (AvgIpc) is 3.46. The van der Waals surface area contributed by atoms with Gasteiger partial charge in [-0.25, -0.2) is 4.68 Å². The predicted molar refractivity (Wildman–Crippen MR) is 159 cm³/mol. The van der Waals surface area contributed by atoms with Crippen LogP contribution in [0.1, 0.15) is 53.9 Å². The number of aromatic nitrogens is 4. The van der Waals surface area contributed by atoms with Crippen LogP contribution in [0.2, 0.25) is 0 Å². The number of nitrogens with zero attached hydrogens (tertiary/aromatic N) is 4. The van der Waals surface area contributed by atoms with Crippen LogP contribution in [0.25, 0.3) is 11.1 Å². The molecular weight excluding hydrogens is 570 g/mol. The Morgan fingerprint density at radius 1 is 1.00 bits per heavy atom. The number of ether oxygens (including phenoxy) is 2. The topological polar surface area (TPSA) is 149 Å². The van der Waals surface area contributed by atoms with Crippen molar-refractivity contribution in [3.8, 4) is 11.1 Å². The number of aliphatic hydroxyl groups is 1. The molecule has 0 bridgehead atoms. The van der Waals surface area contributed by atoms with E-state index in [0.717, 1.165) is 33.4 Å². The summed E-state index contributed by atoms with van der Waals surface area (Å²) in [5.41, 5.74) is 5.57. The van der Waals surface area contributed by atoms with Crippen molar-refractivity contribution in [3.05, 3.63) is 95.1 Å². The van der Waals surface area contributed by atoms with Gasteiger partial charge in [0, 0.05) is 37.8 Å². The Morgan fingerprint density at radius 3 is 2.44 bits per heavy atom. The zero-order valence-corrected chi connectivity index (χ0v) is 24.4. The number of benzene rings is 3. The van der Waals surface area contributed by atoms with Gasteiger partial charge in [-0.05, 0) is 38.2 Å². The second kappa shape index (κ2) is 14.4. The highest BCUT2D eigenvalue weighted by molar-refractivity contribution is 7.99. The van der Waals surface area contributed by atoms with Crippen LogP contribution in [0, 0.1) is 0 Å². The van der Waals surface area contributed by atoms with Crippen LogP contribution < -0.4 is 5.32 Å². The zero-order chi connectivity index (χ0) is 30.2. The minimum absolute atomic E-state index is 0.0187. The first-order valence-electron chi connectivity index (χ1n) is 13.9. The minimum Gasteiger partial charge on any atom is -0.481 e. The monoisotopic (exact) mass is 603 g/mol. The molecule has 4 aromatic rings. The lowest BCUT2D eigenvalue weighted by molar-refractivity contribution is -0.245. The molecule has 3 N–H and O–H groups in total. The van der Waals surface area contributed by atoms with E-state index in [2.05, 4.69) is 20.8 Å². The summed E-state index contributed by atoms with van der Waals surface area (Å²) in [4.78, 5) is 22.8. The van der Waals surface area contributed by atoms with E-state index < -0.39 is 12.3 Å². The summed E-state index contributed by atoms with van der Waals surface area (Å²) in [6, 6.07) is 23.5. The molecule has 5 rings (SSSR count). The van der Waals surface area contributed by atoms with Crippen molar-refractivity contribution in [2.45, 2.75) is 56.1 Å². The van der Waals surface area contributed by atoms with Crippen molar-refractivity contribution in [2.75, 3.05) is 5.75 Å². The second-order valence-corrected chi connectivity index (χ2v) is 11.2. The number of carbonyl (C=O) groups excluding carboxylic acids is 1. The Labute approximate surface area is 253 Å². The Balaban J connectivity index is 1.31. The van der Waals surface area contributed by atoms with Crippen LogP contribution >= 0.6 is 11.8 Å². The average molecular weight is 604 g/mol. The Hall–Kier alpha value is -4.10. The molecule has 1 aliphatic rings. The highest BCUT2D eigenvalue weighted by atomic mass is 32.2. The number of aliphatic hydroxyl groups excluding tert-OH is 1. The van der Waals surface area contributed by atoms with Crippen molar-refractivity contribution in [2.24, 2.45) is 7.05 Å². The maximum absolute atomic E-state index is 12.1. The Bertz CT molecular complexity index is 1530. The lowest BCUT2D eigenvalue weighted by Gasteiger charge is -2.36. The number of tetrazole rings is 1. The molecule has 1 amide bonds. The van der Waals surface area contributed by atoms with Gasteiger partial charge in [-0.3, -0.25) is 9.59 Å². The fraction of sp³-hybridized carbons (Fsp3) is 0.323. The van der Waals surface area contributed by atoms with Crippen LogP contribution in [0.3, 0.4) is 0 Å². The van der Waals surface area contributed by atoms with Gasteiger partial charge in [0.25, 0.3) is 0 Å². The summed E-state index contributed by atoms with van der Waals surface area (Å²) in [6.45, 7) is 0.275. The molecule has 11 nitrogen and oxygen atoms in total. The number of amides is 1. The zero-order valence-electron chi connectivity index (χ0n) is 23.6. The summed E-state index contributed by atoms with van der Waals surface area (Å²) in [6.07, 6.45) is -0.553. The molecule has 1 saturated heterocycles. The summed E-state index contributed by atoms with van der Waals surface area (Å²) < 4.78 is 14.5. The van der Waals surface area contributed by atoms with E-state index in [1.807, 2.05) is 72.8 Å². The van der Waals surface area contributed by atoms with Gasteiger partial charge in [-0.2, -0.15) is 0 Å². The third-order valence-corrected chi connectivity index (χ3v) is 8.29. The number of thioether (sulfide) groups is 1. The van der Waals surface area contributed by atoms with E-state index in [0.29, 0.717) is 23.9 Å². The number of rotatable bonds is 12. The smallest absolute Gasteiger partial charge is 0.303 e. The maximum atomic E-state index is 12.1. The third-order valence-electron chi connectivity index (χ3n) is 7.15. The standard InChI is InChI=1S/C31H33N5O6S/c1-36-31(33-34-35-36)43-19-25-16-27(22-8-6-20(18-37)7-9-22)42-30(41-25)23-12-10-21(11-13-23)26-5-3-2-4-24(26)17-32-28(38)14-15-29(39)40/h2-13,25,27,30,37H,14-19H2,1H3,(H,32,38)(H,39,40)/t25-,27+,30+/m0/s1. The molecule has 0 radical (unpaired) electrons. The molecule has 1 aliphatic heterocycles. The number of carboxylic acid groups (broad SMARTS) is 1. The molecule has 224 valence electrons.